The Balaban J connectivity index is 2.51. The van der Waals surface area contributed by atoms with Crippen LogP contribution in [0.3, 0.4) is 0 Å². The van der Waals surface area contributed by atoms with Gasteiger partial charge in [0, 0.05) is 19.9 Å². The van der Waals surface area contributed by atoms with E-state index in [0.717, 1.165) is 11.1 Å². The highest BCUT2D eigenvalue weighted by Crippen LogP contribution is 2.32. The molecule has 0 unspecified atom stereocenters. The lowest BCUT2D eigenvalue weighted by Crippen LogP contribution is -2.59. The molecular weight excluding hydrogens is 256 g/mol. The largest absolute Gasteiger partial charge is 0.463 e. The summed E-state index contributed by atoms with van der Waals surface area (Å²) in [6, 6.07) is 9.51. The second-order valence-corrected chi connectivity index (χ2v) is 4.74. The molecule has 104 valence electrons. The molecule has 0 aromatic heterocycles. The van der Waals surface area contributed by atoms with Crippen molar-refractivity contribution in [1.82, 2.24) is 4.90 Å². The van der Waals surface area contributed by atoms with Crippen molar-refractivity contribution in [3.8, 4) is 6.07 Å². The highest BCUT2D eigenvalue weighted by molar-refractivity contribution is 5.91. The minimum absolute atomic E-state index is 0.165. The number of carbonyl (C=O) groups is 2. The van der Waals surface area contributed by atoms with Gasteiger partial charge in [-0.05, 0) is 18.1 Å². The predicted molar refractivity (Wildman–Crippen MR) is 71.3 cm³/mol. The lowest BCUT2D eigenvalue weighted by atomic mass is 9.83. The van der Waals surface area contributed by atoms with Crippen molar-refractivity contribution in [3.63, 3.8) is 0 Å². The summed E-state index contributed by atoms with van der Waals surface area (Å²) in [6.45, 7) is 3.46. The smallest absolute Gasteiger partial charge is 0.347 e. The minimum atomic E-state index is -1.56. The molecule has 2 rings (SSSR count). The van der Waals surface area contributed by atoms with E-state index in [1.807, 2.05) is 30.3 Å². The molecule has 1 heterocycles. The number of nitriles is 1. The average Bonchev–Trinajstić information content (AvgIpc) is 2.45. The van der Waals surface area contributed by atoms with E-state index < -0.39 is 11.5 Å². The summed E-state index contributed by atoms with van der Waals surface area (Å²) in [4.78, 5) is 25.4. The number of ether oxygens (including phenoxy) is 1. The Bertz CT molecular complexity index is 591. The summed E-state index contributed by atoms with van der Waals surface area (Å²) in [7, 11) is 0. The van der Waals surface area contributed by atoms with Gasteiger partial charge in [-0.2, -0.15) is 5.26 Å². The van der Waals surface area contributed by atoms with Crippen LogP contribution in [0.2, 0.25) is 0 Å². The second kappa shape index (κ2) is 5.33. The third-order valence-electron chi connectivity index (χ3n) is 3.53. The average molecular weight is 272 g/mol. The number of hydrogen-bond donors (Lipinski definition) is 0. The van der Waals surface area contributed by atoms with E-state index in [-0.39, 0.29) is 25.5 Å². The third kappa shape index (κ3) is 2.14. The summed E-state index contributed by atoms with van der Waals surface area (Å²) < 4.78 is 5.02. The molecule has 1 aromatic carbocycles. The van der Waals surface area contributed by atoms with Crippen LogP contribution in [-0.4, -0.2) is 28.9 Å². The molecule has 0 aliphatic carbocycles. The molecule has 1 atom stereocenters. The SMILES string of the molecule is CCOC(=O)[C@@]1(C#N)Cc2ccccc2CN1C(C)=O. The van der Waals surface area contributed by atoms with Crippen LogP contribution in [0.4, 0.5) is 0 Å². The lowest BCUT2D eigenvalue weighted by Gasteiger charge is -2.40. The van der Waals surface area contributed by atoms with E-state index in [0.29, 0.717) is 0 Å². The number of rotatable bonds is 2. The van der Waals surface area contributed by atoms with E-state index >= 15 is 0 Å². The number of fused-ring (bicyclic) bond motifs is 1. The molecule has 0 fully saturated rings. The summed E-state index contributed by atoms with van der Waals surface area (Å²) in [5.41, 5.74) is 0.299. The van der Waals surface area contributed by atoms with Crippen LogP contribution in [0.5, 0.6) is 0 Å². The van der Waals surface area contributed by atoms with E-state index in [2.05, 4.69) is 0 Å². The van der Waals surface area contributed by atoms with Crippen LogP contribution in [-0.2, 0) is 27.3 Å². The van der Waals surface area contributed by atoms with Crippen molar-refractivity contribution in [2.75, 3.05) is 6.61 Å². The first kappa shape index (κ1) is 14.1. The van der Waals surface area contributed by atoms with Crippen molar-refractivity contribution < 1.29 is 14.3 Å². The first-order valence-electron chi connectivity index (χ1n) is 6.48. The van der Waals surface area contributed by atoms with Gasteiger partial charge < -0.3 is 9.64 Å². The maximum Gasteiger partial charge on any atom is 0.347 e. The molecule has 0 radical (unpaired) electrons. The maximum absolute atomic E-state index is 12.2. The van der Waals surface area contributed by atoms with Crippen LogP contribution in [0, 0.1) is 11.3 Å². The van der Waals surface area contributed by atoms with Crippen LogP contribution < -0.4 is 0 Å². The fourth-order valence-corrected chi connectivity index (χ4v) is 2.52. The molecule has 0 saturated carbocycles. The zero-order chi connectivity index (χ0) is 14.8. The first-order chi connectivity index (χ1) is 9.55. The highest BCUT2D eigenvalue weighted by atomic mass is 16.5. The quantitative estimate of drug-likeness (QED) is 0.763. The van der Waals surface area contributed by atoms with Crippen LogP contribution in [0.15, 0.2) is 24.3 Å². The third-order valence-corrected chi connectivity index (χ3v) is 3.53. The molecule has 0 saturated heterocycles. The number of amides is 1. The van der Waals surface area contributed by atoms with Gasteiger partial charge >= 0.3 is 5.97 Å². The molecule has 1 aliphatic heterocycles. The Morgan fingerprint density at radius 3 is 2.60 bits per heavy atom. The van der Waals surface area contributed by atoms with E-state index in [9.17, 15) is 14.9 Å². The normalized spacial score (nSPS) is 20.8. The van der Waals surface area contributed by atoms with Crippen LogP contribution >= 0.6 is 0 Å². The van der Waals surface area contributed by atoms with Crippen LogP contribution in [0.25, 0.3) is 0 Å². The number of esters is 1. The van der Waals surface area contributed by atoms with Crippen LogP contribution in [0.1, 0.15) is 25.0 Å². The summed E-state index contributed by atoms with van der Waals surface area (Å²) in [5, 5.41) is 9.54. The molecule has 20 heavy (non-hydrogen) atoms. The molecule has 1 aromatic rings. The summed E-state index contributed by atoms with van der Waals surface area (Å²) in [6.07, 6.45) is 0.165. The van der Waals surface area contributed by atoms with Gasteiger partial charge in [0.05, 0.1) is 6.61 Å². The molecule has 0 bridgehead atoms. The number of hydrogen-bond acceptors (Lipinski definition) is 4. The van der Waals surface area contributed by atoms with Gasteiger partial charge in [-0.15, -0.1) is 0 Å². The van der Waals surface area contributed by atoms with Crippen molar-refractivity contribution in [1.29, 1.82) is 5.26 Å². The molecule has 5 nitrogen and oxygen atoms in total. The predicted octanol–water partition coefficient (Wildman–Crippen LogP) is 1.42. The van der Waals surface area contributed by atoms with Gasteiger partial charge in [0.2, 0.25) is 11.4 Å². The highest BCUT2D eigenvalue weighted by Gasteiger charge is 2.50. The van der Waals surface area contributed by atoms with Gasteiger partial charge in [0.15, 0.2) is 0 Å². The minimum Gasteiger partial charge on any atom is -0.463 e. The summed E-state index contributed by atoms with van der Waals surface area (Å²) >= 11 is 0. The number of benzene rings is 1. The topological polar surface area (TPSA) is 70.4 Å². The van der Waals surface area contributed by atoms with Gasteiger partial charge in [0.1, 0.15) is 6.07 Å². The Hall–Kier alpha value is -2.35. The molecule has 0 N–H and O–H groups in total. The fourth-order valence-electron chi connectivity index (χ4n) is 2.52. The van der Waals surface area contributed by atoms with Gasteiger partial charge in [0.25, 0.3) is 0 Å². The van der Waals surface area contributed by atoms with Crippen molar-refractivity contribution in [2.45, 2.75) is 32.4 Å². The summed E-state index contributed by atoms with van der Waals surface area (Å²) in [5.74, 6) is -0.971. The molecule has 5 heteroatoms. The Morgan fingerprint density at radius 2 is 2.05 bits per heavy atom. The first-order valence-corrected chi connectivity index (χ1v) is 6.48. The zero-order valence-electron chi connectivity index (χ0n) is 11.5. The molecular formula is C15H16N2O3. The van der Waals surface area contributed by atoms with Gasteiger partial charge in [-0.25, -0.2) is 4.79 Å². The van der Waals surface area contributed by atoms with Gasteiger partial charge in [-0.3, -0.25) is 4.79 Å². The van der Waals surface area contributed by atoms with Crippen molar-refractivity contribution >= 4 is 11.9 Å². The van der Waals surface area contributed by atoms with E-state index in [1.165, 1.54) is 11.8 Å². The van der Waals surface area contributed by atoms with E-state index in [1.54, 1.807) is 6.92 Å². The zero-order valence-corrected chi connectivity index (χ0v) is 11.5. The standard InChI is InChI=1S/C15H16N2O3/c1-3-20-14(19)15(10-16)8-12-6-4-5-7-13(12)9-17(15)11(2)18/h4-7H,3,8-9H2,1-2H3/t15-/m0/s1. The Morgan fingerprint density at radius 1 is 1.40 bits per heavy atom. The molecule has 1 aliphatic rings. The maximum atomic E-state index is 12.2. The lowest BCUT2D eigenvalue weighted by molar-refractivity contribution is -0.160. The molecule has 1 amide bonds. The molecule has 0 spiro atoms. The number of nitrogens with zero attached hydrogens (tertiary/aromatic N) is 2. The monoisotopic (exact) mass is 272 g/mol. The number of carbonyl (C=O) groups excluding carboxylic acids is 2. The Labute approximate surface area is 117 Å². The van der Waals surface area contributed by atoms with Crippen molar-refractivity contribution in [3.05, 3.63) is 35.4 Å². The Kier molecular flexibility index (Phi) is 3.75. The fraction of sp³-hybridized carbons (Fsp3) is 0.400. The van der Waals surface area contributed by atoms with E-state index in [4.69, 9.17) is 4.74 Å². The van der Waals surface area contributed by atoms with Gasteiger partial charge in [-0.1, -0.05) is 24.3 Å². The second-order valence-electron chi connectivity index (χ2n) is 4.74. The van der Waals surface area contributed by atoms with Crippen molar-refractivity contribution in [2.24, 2.45) is 0 Å².